The number of halogens is 3. The van der Waals surface area contributed by atoms with Crippen LogP contribution in [0.4, 0.5) is 18.0 Å². The number of furan rings is 1. The number of carbonyl (C=O) groups is 2. The van der Waals surface area contributed by atoms with E-state index in [1.165, 1.54) is 5.32 Å². The van der Waals surface area contributed by atoms with Gasteiger partial charge in [0.15, 0.2) is 0 Å². The number of fused-ring (bicyclic) bond motifs is 1. The second kappa shape index (κ2) is 14.1. The third-order valence-corrected chi connectivity index (χ3v) is 4.37. The summed E-state index contributed by atoms with van der Waals surface area (Å²) >= 11 is 0. The van der Waals surface area contributed by atoms with E-state index in [-0.39, 0.29) is 19.1 Å². The van der Waals surface area contributed by atoms with Crippen LogP contribution in [0.25, 0.3) is 11.0 Å². The fraction of sp³-hybridized carbons (Fsp3) is 0.500. The molecule has 1 aliphatic heterocycles. The number of amides is 2. The molecule has 0 saturated carbocycles. The van der Waals surface area contributed by atoms with E-state index in [9.17, 15) is 22.8 Å². The second-order valence-electron chi connectivity index (χ2n) is 6.83. The fourth-order valence-electron chi connectivity index (χ4n) is 2.92. The maximum Gasteiger partial charge on any atom is 0.410 e. The van der Waals surface area contributed by atoms with Crippen LogP contribution in [0, 0.1) is 6.92 Å². The van der Waals surface area contributed by atoms with E-state index in [4.69, 9.17) is 9.15 Å². The van der Waals surface area contributed by atoms with E-state index < -0.39 is 12.7 Å². The predicted molar refractivity (Wildman–Crippen MR) is 119 cm³/mol. The fourth-order valence-corrected chi connectivity index (χ4v) is 2.92. The van der Waals surface area contributed by atoms with Crippen molar-refractivity contribution in [2.24, 2.45) is 0 Å². The molecule has 3 rings (SSSR count). The molecule has 2 aromatic rings. The quantitative estimate of drug-likeness (QED) is 0.507. The molecule has 11 heteroatoms. The van der Waals surface area contributed by atoms with E-state index in [0.717, 1.165) is 41.9 Å². The predicted octanol–water partition coefficient (Wildman–Crippen LogP) is 3.90. The number of nitrogens with one attached hydrogen (secondary N) is 1. The molecule has 0 bridgehead atoms. The number of carbonyl (C=O) groups excluding carboxylic acids is 2. The summed E-state index contributed by atoms with van der Waals surface area (Å²) in [5, 5.41) is 2.52. The van der Waals surface area contributed by atoms with Gasteiger partial charge in [-0.15, -0.1) is 0 Å². The van der Waals surface area contributed by atoms with E-state index in [1.807, 2.05) is 39.2 Å². The van der Waals surface area contributed by atoms with Gasteiger partial charge in [0.05, 0.1) is 6.54 Å². The summed E-state index contributed by atoms with van der Waals surface area (Å²) in [7, 11) is 0. The molecule has 1 fully saturated rings. The van der Waals surface area contributed by atoms with Crippen LogP contribution in [0.3, 0.4) is 0 Å². The Morgan fingerprint density at radius 3 is 2.45 bits per heavy atom. The summed E-state index contributed by atoms with van der Waals surface area (Å²) in [6, 6.07) is 2.04. The lowest BCUT2D eigenvalue weighted by Crippen LogP contribution is -2.48. The summed E-state index contributed by atoms with van der Waals surface area (Å²) in [4.78, 5) is 29.2. The van der Waals surface area contributed by atoms with Crippen molar-refractivity contribution in [3.8, 4) is 0 Å². The summed E-state index contributed by atoms with van der Waals surface area (Å²) in [5.74, 6) is 0.929. The average molecular weight is 473 g/mol. The number of piperazine rings is 1. The Morgan fingerprint density at radius 2 is 1.94 bits per heavy atom. The number of pyridine rings is 1. The average Bonchev–Trinajstić information content (AvgIpc) is 3.22. The van der Waals surface area contributed by atoms with Gasteiger partial charge in [-0.25, -0.2) is 4.79 Å². The van der Waals surface area contributed by atoms with Crippen molar-refractivity contribution in [1.82, 2.24) is 20.1 Å². The molecule has 184 valence electrons. The SMILES string of the molecule is C=CCOC(=O)N1CCN(Cc2cc3cncc(C)c3o2)CC1.CC.O=CNCC(F)(F)F. The molecule has 0 radical (unpaired) electrons. The van der Waals surface area contributed by atoms with Crippen molar-refractivity contribution < 1.29 is 31.9 Å². The van der Waals surface area contributed by atoms with E-state index >= 15 is 0 Å². The van der Waals surface area contributed by atoms with Gasteiger partial charge in [-0.1, -0.05) is 26.5 Å². The summed E-state index contributed by atoms with van der Waals surface area (Å²) in [6.45, 7) is 12.2. The lowest BCUT2D eigenvalue weighted by Gasteiger charge is -2.33. The third-order valence-electron chi connectivity index (χ3n) is 4.37. The molecule has 3 heterocycles. The van der Waals surface area contributed by atoms with Gasteiger partial charge in [-0.05, 0) is 13.0 Å². The van der Waals surface area contributed by atoms with Crippen LogP contribution in [-0.2, 0) is 16.1 Å². The molecule has 2 aromatic heterocycles. The zero-order valence-electron chi connectivity index (χ0n) is 19.2. The van der Waals surface area contributed by atoms with Crippen molar-refractivity contribution in [1.29, 1.82) is 0 Å². The molecular formula is C22H31F3N4O4. The Bertz CT molecular complexity index is 878. The van der Waals surface area contributed by atoms with Crippen molar-refractivity contribution in [3.05, 3.63) is 42.4 Å². The molecule has 0 atom stereocenters. The van der Waals surface area contributed by atoms with Crippen LogP contribution < -0.4 is 5.32 Å². The Kier molecular flexibility index (Phi) is 12.0. The largest absolute Gasteiger partial charge is 0.459 e. The minimum absolute atomic E-state index is 0.00743. The number of hydrogen-bond acceptors (Lipinski definition) is 6. The molecule has 0 unspecified atom stereocenters. The monoisotopic (exact) mass is 472 g/mol. The number of aryl methyl sites for hydroxylation is 1. The first-order valence-corrected chi connectivity index (χ1v) is 10.5. The molecule has 1 saturated heterocycles. The van der Waals surface area contributed by atoms with Crippen LogP contribution in [0.1, 0.15) is 25.2 Å². The Balaban J connectivity index is 0.000000464. The zero-order chi connectivity index (χ0) is 24.9. The first-order chi connectivity index (χ1) is 15.7. The van der Waals surface area contributed by atoms with E-state index in [2.05, 4.69) is 16.5 Å². The highest BCUT2D eigenvalue weighted by Crippen LogP contribution is 2.22. The van der Waals surface area contributed by atoms with E-state index in [0.29, 0.717) is 13.1 Å². The van der Waals surface area contributed by atoms with Gasteiger partial charge < -0.3 is 19.4 Å². The molecule has 1 aliphatic rings. The first kappa shape index (κ1) is 28.0. The lowest BCUT2D eigenvalue weighted by molar-refractivity contribution is -0.132. The van der Waals surface area contributed by atoms with Gasteiger partial charge in [-0.3, -0.25) is 14.7 Å². The highest BCUT2D eigenvalue weighted by molar-refractivity contribution is 5.79. The first-order valence-electron chi connectivity index (χ1n) is 10.5. The van der Waals surface area contributed by atoms with Gasteiger partial charge in [0, 0.05) is 49.5 Å². The maximum atomic E-state index is 11.8. The molecule has 2 amide bonds. The Labute approximate surface area is 191 Å². The third kappa shape index (κ3) is 9.94. The highest BCUT2D eigenvalue weighted by Gasteiger charge is 2.26. The molecule has 0 spiro atoms. The lowest BCUT2D eigenvalue weighted by atomic mass is 10.2. The Hall–Kier alpha value is -3.08. The summed E-state index contributed by atoms with van der Waals surface area (Å²) in [6.07, 6.45) is 0.655. The van der Waals surface area contributed by atoms with Crippen molar-refractivity contribution >= 4 is 23.5 Å². The smallest absolute Gasteiger partial charge is 0.410 e. The van der Waals surface area contributed by atoms with Gasteiger partial charge in [-0.2, -0.15) is 13.2 Å². The topological polar surface area (TPSA) is 87.9 Å². The second-order valence-corrected chi connectivity index (χ2v) is 6.83. The van der Waals surface area contributed by atoms with Crippen LogP contribution in [0.5, 0.6) is 0 Å². The van der Waals surface area contributed by atoms with E-state index in [1.54, 1.807) is 11.0 Å². The molecule has 1 N–H and O–H groups in total. The van der Waals surface area contributed by atoms with Crippen LogP contribution in [0.15, 0.2) is 35.5 Å². The minimum Gasteiger partial charge on any atom is -0.459 e. The van der Waals surface area contributed by atoms with Crippen molar-refractivity contribution in [3.63, 3.8) is 0 Å². The number of rotatable bonds is 6. The van der Waals surface area contributed by atoms with Crippen molar-refractivity contribution in [2.75, 3.05) is 39.3 Å². The zero-order valence-corrected chi connectivity index (χ0v) is 19.2. The van der Waals surface area contributed by atoms with Gasteiger partial charge in [0.1, 0.15) is 24.5 Å². The van der Waals surface area contributed by atoms with Gasteiger partial charge in [0.2, 0.25) is 6.41 Å². The van der Waals surface area contributed by atoms with Crippen LogP contribution in [-0.4, -0.2) is 72.8 Å². The molecule has 0 aromatic carbocycles. The molecule has 0 aliphatic carbocycles. The van der Waals surface area contributed by atoms with Crippen LogP contribution in [0.2, 0.25) is 0 Å². The van der Waals surface area contributed by atoms with Crippen LogP contribution >= 0.6 is 0 Å². The van der Waals surface area contributed by atoms with Gasteiger partial charge in [0.25, 0.3) is 0 Å². The molecular weight excluding hydrogens is 441 g/mol. The minimum atomic E-state index is -4.29. The number of ether oxygens (including phenoxy) is 1. The normalized spacial score (nSPS) is 13.8. The van der Waals surface area contributed by atoms with Gasteiger partial charge >= 0.3 is 12.3 Å². The number of aromatic nitrogens is 1. The number of alkyl halides is 3. The number of nitrogens with zero attached hydrogens (tertiary/aromatic N) is 3. The Morgan fingerprint density at radius 1 is 1.27 bits per heavy atom. The highest BCUT2D eigenvalue weighted by atomic mass is 19.4. The summed E-state index contributed by atoms with van der Waals surface area (Å²) in [5.41, 5.74) is 1.95. The molecule has 8 nitrogen and oxygen atoms in total. The number of hydrogen-bond donors (Lipinski definition) is 1. The maximum absolute atomic E-state index is 11.8. The van der Waals surface area contributed by atoms with Crippen molar-refractivity contribution in [2.45, 2.75) is 33.5 Å². The standard InChI is InChI=1S/C17H21N3O3.C3H4F3NO.C2H6/c1-3-8-22-17(21)20-6-4-19(5-7-20)12-15-9-14-11-18-10-13(2)16(14)23-15;4-3(5,6)1-7-2-8;1-2/h3,9-11H,1,4-8,12H2,2H3;2H,1H2,(H,7,8);1-2H3. The molecule has 33 heavy (non-hydrogen) atoms. The summed E-state index contributed by atoms with van der Waals surface area (Å²) < 4.78 is 44.1.